The lowest BCUT2D eigenvalue weighted by atomic mass is 10.1. The highest BCUT2D eigenvalue weighted by molar-refractivity contribution is 7.18. The van der Waals surface area contributed by atoms with E-state index in [1.165, 1.54) is 14.2 Å². The first-order chi connectivity index (χ1) is 14.3. The van der Waals surface area contributed by atoms with Gasteiger partial charge in [0.2, 0.25) is 0 Å². The van der Waals surface area contributed by atoms with Crippen molar-refractivity contribution < 1.29 is 33.4 Å². The number of amides is 1. The number of hydrogen-bond donors (Lipinski definition) is 2. The van der Waals surface area contributed by atoms with E-state index in [1.807, 2.05) is 19.1 Å². The molecule has 0 bridgehead atoms. The molecule has 0 fully saturated rings. The van der Waals surface area contributed by atoms with E-state index < -0.39 is 17.9 Å². The summed E-state index contributed by atoms with van der Waals surface area (Å²) in [6, 6.07) is 7.08. The summed E-state index contributed by atoms with van der Waals surface area (Å²) in [6.07, 6.45) is -0.0989. The molecule has 0 saturated heterocycles. The number of methoxy groups -OCH3 is 2. The van der Waals surface area contributed by atoms with Gasteiger partial charge in [0.05, 0.1) is 20.6 Å². The van der Waals surface area contributed by atoms with Crippen LogP contribution in [0.3, 0.4) is 0 Å². The Morgan fingerprint density at radius 3 is 2.37 bits per heavy atom. The highest BCUT2D eigenvalue weighted by atomic mass is 32.1. The highest BCUT2D eigenvalue weighted by Gasteiger charge is 2.28. The Balaban J connectivity index is 1.99. The second-order valence-corrected chi connectivity index (χ2v) is 7.17. The van der Waals surface area contributed by atoms with E-state index >= 15 is 0 Å². The largest absolute Gasteiger partial charge is 0.465 e. The summed E-state index contributed by atoms with van der Waals surface area (Å²) < 4.78 is 14.5. The van der Waals surface area contributed by atoms with E-state index in [9.17, 15) is 19.2 Å². The molecule has 0 unspecified atom stereocenters. The van der Waals surface area contributed by atoms with Gasteiger partial charge in [-0.2, -0.15) is 0 Å². The van der Waals surface area contributed by atoms with Gasteiger partial charge in [0.25, 0.3) is 5.91 Å². The van der Waals surface area contributed by atoms with E-state index in [1.54, 1.807) is 12.1 Å². The second-order valence-electron chi connectivity index (χ2n) is 6.11. The van der Waals surface area contributed by atoms with Crippen molar-refractivity contribution in [2.75, 3.05) is 26.5 Å². The van der Waals surface area contributed by atoms with Crippen LogP contribution in [0, 0.1) is 6.92 Å². The third-order valence-corrected chi connectivity index (χ3v) is 5.22. The smallest absolute Gasteiger partial charge is 0.348 e. The van der Waals surface area contributed by atoms with Gasteiger partial charge in [-0.1, -0.05) is 18.2 Å². The fourth-order valence-corrected chi connectivity index (χ4v) is 3.61. The van der Waals surface area contributed by atoms with Crippen molar-refractivity contribution in [2.45, 2.75) is 20.0 Å². The SMILES string of the molecule is COC(=O)c1sc(N)c(C(=O)OC)c1COC(=O)CCNC(=O)c1ccccc1C. The maximum atomic E-state index is 12.2. The quantitative estimate of drug-likeness (QED) is 0.476. The lowest BCUT2D eigenvalue weighted by molar-refractivity contribution is -0.144. The number of hydrogen-bond acceptors (Lipinski definition) is 9. The molecule has 160 valence electrons. The molecule has 10 heteroatoms. The molecule has 0 aliphatic rings. The van der Waals surface area contributed by atoms with Crippen molar-refractivity contribution in [3.63, 3.8) is 0 Å². The minimum Gasteiger partial charge on any atom is -0.465 e. The van der Waals surface area contributed by atoms with Crippen LogP contribution in [-0.4, -0.2) is 44.6 Å². The van der Waals surface area contributed by atoms with Crippen LogP contribution in [0.4, 0.5) is 5.00 Å². The predicted molar refractivity (Wildman–Crippen MR) is 109 cm³/mol. The van der Waals surface area contributed by atoms with Gasteiger partial charge in [-0.3, -0.25) is 9.59 Å². The molecule has 1 aromatic heterocycles. The van der Waals surface area contributed by atoms with Crippen LogP contribution in [-0.2, 0) is 25.6 Å². The maximum Gasteiger partial charge on any atom is 0.348 e. The van der Waals surface area contributed by atoms with Crippen molar-refractivity contribution in [2.24, 2.45) is 0 Å². The summed E-state index contributed by atoms with van der Waals surface area (Å²) in [6.45, 7) is 1.51. The normalized spacial score (nSPS) is 10.2. The molecule has 2 rings (SSSR count). The molecule has 0 saturated carbocycles. The minimum absolute atomic E-state index is 0.0384. The number of nitrogen functional groups attached to an aromatic ring is 1. The number of ether oxygens (including phenoxy) is 3. The number of aryl methyl sites for hydroxylation is 1. The molecule has 0 aliphatic heterocycles. The van der Waals surface area contributed by atoms with Gasteiger partial charge in [-0.05, 0) is 18.6 Å². The Kier molecular flexibility index (Phi) is 7.93. The zero-order valence-electron chi connectivity index (χ0n) is 16.8. The monoisotopic (exact) mass is 434 g/mol. The first-order valence-corrected chi connectivity index (χ1v) is 9.69. The summed E-state index contributed by atoms with van der Waals surface area (Å²) in [5.74, 6) is -2.39. The van der Waals surface area contributed by atoms with Crippen LogP contribution in [0.2, 0.25) is 0 Å². The zero-order valence-corrected chi connectivity index (χ0v) is 17.6. The number of carbonyl (C=O) groups is 4. The van der Waals surface area contributed by atoms with Crippen LogP contribution in [0.15, 0.2) is 24.3 Å². The second kappa shape index (κ2) is 10.4. The van der Waals surface area contributed by atoms with Gasteiger partial charge in [0, 0.05) is 17.7 Å². The summed E-state index contributed by atoms with van der Waals surface area (Å²) in [5, 5.41) is 2.70. The molecular weight excluding hydrogens is 412 g/mol. The van der Waals surface area contributed by atoms with Gasteiger partial charge in [-0.25, -0.2) is 9.59 Å². The Hall–Kier alpha value is -3.40. The summed E-state index contributed by atoms with van der Waals surface area (Å²) >= 11 is 0.844. The maximum absolute atomic E-state index is 12.2. The molecule has 1 aromatic carbocycles. The van der Waals surface area contributed by atoms with Crippen LogP contribution in [0.25, 0.3) is 0 Å². The Labute approximate surface area is 177 Å². The molecule has 9 nitrogen and oxygen atoms in total. The first kappa shape index (κ1) is 22.9. The predicted octanol–water partition coefficient (Wildman–Crippen LogP) is 2.08. The summed E-state index contributed by atoms with van der Waals surface area (Å²) in [4.78, 5) is 48.2. The minimum atomic E-state index is -0.754. The van der Waals surface area contributed by atoms with E-state index in [4.69, 9.17) is 10.5 Å². The van der Waals surface area contributed by atoms with Crippen LogP contribution >= 0.6 is 11.3 Å². The fourth-order valence-electron chi connectivity index (χ4n) is 2.63. The molecule has 0 atom stereocenters. The number of esters is 3. The van der Waals surface area contributed by atoms with Gasteiger partial charge < -0.3 is 25.3 Å². The number of benzene rings is 1. The highest BCUT2D eigenvalue weighted by Crippen LogP contribution is 2.33. The summed E-state index contributed by atoms with van der Waals surface area (Å²) in [5.41, 5.74) is 7.24. The van der Waals surface area contributed by atoms with Crippen LogP contribution in [0.5, 0.6) is 0 Å². The number of carbonyl (C=O) groups excluding carboxylic acids is 4. The topological polar surface area (TPSA) is 134 Å². The van der Waals surface area contributed by atoms with Crippen molar-refractivity contribution in [1.29, 1.82) is 0 Å². The molecule has 0 aliphatic carbocycles. The third kappa shape index (κ3) is 5.35. The van der Waals surface area contributed by atoms with Gasteiger partial charge >= 0.3 is 17.9 Å². The van der Waals surface area contributed by atoms with Crippen LogP contribution < -0.4 is 11.1 Å². The zero-order chi connectivity index (χ0) is 22.3. The van der Waals surface area contributed by atoms with Gasteiger partial charge in [0.15, 0.2) is 0 Å². The standard InChI is InChI=1S/C20H22N2O7S/c1-11-6-4-5-7-12(11)18(24)22-9-8-14(23)29-10-13-15(19(25)27-2)17(21)30-16(13)20(26)28-3/h4-7H,8-10,21H2,1-3H3,(H,22,24). The van der Waals surface area contributed by atoms with E-state index in [2.05, 4.69) is 14.8 Å². The molecule has 3 N–H and O–H groups in total. The molecule has 0 spiro atoms. The fraction of sp³-hybridized carbons (Fsp3) is 0.300. The lowest BCUT2D eigenvalue weighted by Crippen LogP contribution is -2.27. The third-order valence-electron chi connectivity index (χ3n) is 4.18. The number of nitrogens with one attached hydrogen (secondary N) is 1. The number of thiophene rings is 1. The Bertz CT molecular complexity index is 968. The summed E-state index contributed by atoms with van der Waals surface area (Å²) in [7, 11) is 2.35. The van der Waals surface area contributed by atoms with Crippen molar-refractivity contribution in [1.82, 2.24) is 5.32 Å². The van der Waals surface area contributed by atoms with Crippen molar-refractivity contribution in [3.05, 3.63) is 51.4 Å². The molecular formula is C20H22N2O7S. The first-order valence-electron chi connectivity index (χ1n) is 8.87. The molecule has 0 radical (unpaired) electrons. The number of anilines is 1. The molecule has 1 amide bonds. The lowest BCUT2D eigenvalue weighted by Gasteiger charge is -2.09. The van der Waals surface area contributed by atoms with Crippen LogP contribution in [0.1, 0.15) is 47.9 Å². The average molecular weight is 434 g/mol. The van der Waals surface area contributed by atoms with E-state index in [0.29, 0.717) is 5.56 Å². The van der Waals surface area contributed by atoms with Gasteiger partial charge in [-0.15, -0.1) is 11.3 Å². The Morgan fingerprint density at radius 2 is 1.73 bits per heavy atom. The number of rotatable bonds is 8. The molecule has 2 aromatic rings. The Morgan fingerprint density at radius 1 is 1.07 bits per heavy atom. The average Bonchev–Trinajstić information content (AvgIpc) is 3.07. The van der Waals surface area contributed by atoms with Gasteiger partial charge in [0.1, 0.15) is 22.0 Å². The van der Waals surface area contributed by atoms with Crippen molar-refractivity contribution in [3.8, 4) is 0 Å². The number of nitrogens with two attached hydrogens (primary N) is 1. The van der Waals surface area contributed by atoms with Crippen molar-refractivity contribution >= 4 is 40.2 Å². The molecule has 30 heavy (non-hydrogen) atoms. The molecule has 1 heterocycles. The van der Waals surface area contributed by atoms with E-state index in [0.717, 1.165) is 16.9 Å². The van der Waals surface area contributed by atoms with E-state index in [-0.39, 0.29) is 46.5 Å².